The summed E-state index contributed by atoms with van der Waals surface area (Å²) >= 11 is 1.53. The van der Waals surface area contributed by atoms with Crippen molar-refractivity contribution in [2.24, 2.45) is 0 Å². The number of ether oxygens (including phenoxy) is 1. The van der Waals surface area contributed by atoms with Crippen molar-refractivity contribution >= 4 is 28.2 Å². The van der Waals surface area contributed by atoms with Gasteiger partial charge in [-0.1, -0.05) is 12.1 Å². The number of H-pyrrole nitrogens is 1. The Hall–Kier alpha value is -2.47. The highest BCUT2D eigenvalue weighted by Crippen LogP contribution is 2.16. The number of fused-ring (bicyclic) bond motifs is 1. The van der Waals surface area contributed by atoms with Gasteiger partial charge >= 0.3 is 5.97 Å². The summed E-state index contributed by atoms with van der Waals surface area (Å²) < 4.78 is 5.35. The molecule has 0 bridgehead atoms. The van der Waals surface area contributed by atoms with Crippen molar-refractivity contribution in [2.45, 2.75) is 19.4 Å². The molecular formula is C16H14N2O3S. The molecule has 2 heterocycles. The number of rotatable bonds is 4. The number of aromatic nitrogens is 2. The van der Waals surface area contributed by atoms with Crippen LogP contribution in [-0.2, 0) is 16.0 Å². The van der Waals surface area contributed by atoms with Crippen molar-refractivity contribution in [2.75, 3.05) is 0 Å². The van der Waals surface area contributed by atoms with Crippen LogP contribution >= 0.6 is 11.3 Å². The zero-order valence-electron chi connectivity index (χ0n) is 11.9. The average molecular weight is 314 g/mol. The minimum absolute atomic E-state index is 0.214. The topological polar surface area (TPSA) is 72.0 Å². The molecule has 0 aliphatic heterocycles. The van der Waals surface area contributed by atoms with Crippen LogP contribution in [-0.4, -0.2) is 15.9 Å². The number of nitrogens with one attached hydrogen (secondary N) is 1. The molecule has 5 nitrogen and oxygen atoms in total. The number of thiophene rings is 1. The van der Waals surface area contributed by atoms with Crippen molar-refractivity contribution in [1.82, 2.24) is 9.97 Å². The van der Waals surface area contributed by atoms with E-state index in [-0.39, 0.29) is 17.9 Å². The van der Waals surface area contributed by atoms with Crippen molar-refractivity contribution in [3.63, 3.8) is 0 Å². The van der Waals surface area contributed by atoms with E-state index in [1.54, 1.807) is 25.1 Å². The van der Waals surface area contributed by atoms with E-state index in [0.717, 1.165) is 5.56 Å². The molecule has 1 aromatic carbocycles. The van der Waals surface area contributed by atoms with Gasteiger partial charge in [0.25, 0.3) is 5.56 Å². The smallest absolute Gasteiger partial charge is 0.310 e. The zero-order chi connectivity index (χ0) is 15.5. The van der Waals surface area contributed by atoms with Crippen LogP contribution in [0, 0.1) is 0 Å². The molecule has 1 unspecified atom stereocenters. The molecule has 0 aliphatic carbocycles. The third-order valence-corrected chi connectivity index (χ3v) is 3.99. The predicted molar refractivity (Wildman–Crippen MR) is 84.9 cm³/mol. The van der Waals surface area contributed by atoms with Gasteiger partial charge in [0.05, 0.1) is 17.3 Å². The fourth-order valence-corrected chi connectivity index (χ4v) is 2.82. The van der Waals surface area contributed by atoms with Crippen LogP contribution in [0.25, 0.3) is 10.9 Å². The normalized spacial score (nSPS) is 12.2. The zero-order valence-corrected chi connectivity index (χ0v) is 12.7. The summed E-state index contributed by atoms with van der Waals surface area (Å²) in [7, 11) is 0. The minimum atomic E-state index is -0.608. The summed E-state index contributed by atoms with van der Waals surface area (Å²) in [6, 6.07) is 8.94. The van der Waals surface area contributed by atoms with Gasteiger partial charge in [-0.15, -0.1) is 0 Å². The lowest BCUT2D eigenvalue weighted by molar-refractivity contribution is -0.148. The van der Waals surface area contributed by atoms with E-state index in [9.17, 15) is 9.59 Å². The lowest BCUT2D eigenvalue weighted by Gasteiger charge is -2.12. The third kappa shape index (κ3) is 3.07. The molecule has 0 radical (unpaired) electrons. The largest absolute Gasteiger partial charge is 0.454 e. The quantitative estimate of drug-likeness (QED) is 0.752. The number of aromatic amines is 1. The number of hydrogen-bond donors (Lipinski definition) is 1. The first-order valence-corrected chi connectivity index (χ1v) is 7.77. The van der Waals surface area contributed by atoms with Crippen molar-refractivity contribution in [3.05, 3.63) is 62.8 Å². The maximum Gasteiger partial charge on any atom is 0.310 e. The number of para-hydroxylation sites is 1. The number of benzene rings is 1. The highest BCUT2D eigenvalue weighted by molar-refractivity contribution is 7.07. The Bertz CT molecular complexity index is 855. The molecule has 0 spiro atoms. The van der Waals surface area contributed by atoms with Crippen LogP contribution in [0.2, 0.25) is 0 Å². The summed E-state index contributed by atoms with van der Waals surface area (Å²) in [5.74, 6) is 0.00377. The molecule has 0 amide bonds. The number of carbonyl (C=O) groups is 1. The van der Waals surface area contributed by atoms with E-state index < -0.39 is 6.10 Å². The Morgan fingerprint density at radius 2 is 2.18 bits per heavy atom. The Morgan fingerprint density at radius 1 is 1.36 bits per heavy atom. The molecular weight excluding hydrogens is 300 g/mol. The van der Waals surface area contributed by atoms with E-state index in [1.165, 1.54) is 11.3 Å². The summed E-state index contributed by atoms with van der Waals surface area (Å²) in [5.41, 5.74) is 1.27. The van der Waals surface area contributed by atoms with E-state index in [2.05, 4.69) is 9.97 Å². The van der Waals surface area contributed by atoms with Crippen LogP contribution in [0.3, 0.4) is 0 Å². The molecule has 0 saturated carbocycles. The maximum absolute atomic E-state index is 12.0. The van der Waals surface area contributed by atoms with Gasteiger partial charge in [-0.05, 0) is 41.4 Å². The van der Waals surface area contributed by atoms with Crippen molar-refractivity contribution < 1.29 is 9.53 Å². The highest BCUT2D eigenvalue weighted by atomic mass is 32.1. The molecule has 22 heavy (non-hydrogen) atoms. The first-order valence-electron chi connectivity index (χ1n) is 6.83. The average Bonchev–Trinajstić information content (AvgIpc) is 3.00. The first-order chi connectivity index (χ1) is 10.6. The monoisotopic (exact) mass is 314 g/mol. The standard InChI is InChI=1S/C16H14N2O3S/c1-10(21-14(19)8-11-6-7-22-9-11)15-17-13-5-3-2-4-12(13)16(20)18-15/h2-7,9-10H,8H2,1H3,(H,17,18,20). The lowest BCUT2D eigenvalue weighted by Crippen LogP contribution is -2.18. The van der Waals surface area contributed by atoms with E-state index >= 15 is 0 Å². The van der Waals surface area contributed by atoms with Crippen LogP contribution < -0.4 is 5.56 Å². The summed E-state index contributed by atoms with van der Waals surface area (Å²) in [4.78, 5) is 30.9. The molecule has 1 atom stereocenters. The van der Waals surface area contributed by atoms with E-state index in [0.29, 0.717) is 16.7 Å². The molecule has 6 heteroatoms. The van der Waals surface area contributed by atoms with Gasteiger partial charge in [-0.2, -0.15) is 11.3 Å². The predicted octanol–water partition coefficient (Wildman–Crippen LogP) is 2.83. The molecule has 2 aromatic heterocycles. The second-order valence-electron chi connectivity index (χ2n) is 4.91. The van der Waals surface area contributed by atoms with Gasteiger partial charge in [0.2, 0.25) is 0 Å². The van der Waals surface area contributed by atoms with Crippen molar-refractivity contribution in [1.29, 1.82) is 0 Å². The van der Waals surface area contributed by atoms with Gasteiger partial charge in [0.15, 0.2) is 11.9 Å². The Balaban J connectivity index is 1.78. The minimum Gasteiger partial charge on any atom is -0.454 e. The highest BCUT2D eigenvalue weighted by Gasteiger charge is 2.16. The number of esters is 1. The molecule has 0 saturated heterocycles. The number of nitrogens with zero attached hydrogens (tertiary/aromatic N) is 1. The molecule has 0 aliphatic rings. The van der Waals surface area contributed by atoms with Gasteiger partial charge < -0.3 is 9.72 Å². The van der Waals surface area contributed by atoms with E-state index in [1.807, 2.05) is 22.9 Å². The number of carbonyl (C=O) groups excluding carboxylic acids is 1. The Kier molecular flexibility index (Phi) is 4.02. The second-order valence-corrected chi connectivity index (χ2v) is 5.69. The van der Waals surface area contributed by atoms with Crippen LogP contribution in [0.5, 0.6) is 0 Å². The lowest BCUT2D eigenvalue weighted by atomic mass is 10.2. The fourth-order valence-electron chi connectivity index (χ4n) is 2.15. The van der Waals surface area contributed by atoms with Gasteiger partial charge in [0, 0.05) is 0 Å². The molecule has 0 fully saturated rings. The van der Waals surface area contributed by atoms with Crippen molar-refractivity contribution in [3.8, 4) is 0 Å². The Labute approximate surface area is 130 Å². The Morgan fingerprint density at radius 3 is 2.95 bits per heavy atom. The summed E-state index contributed by atoms with van der Waals surface area (Å²) in [6.07, 6.45) is -0.394. The SMILES string of the molecule is CC(OC(=O)Cc1ccsc1)c1nc2ccccc2c(=O)[nH]1. The van der Waals surface area contributed by atoms with Crippen LogP contribution in [0.15, 0.2) is 45.9 Å². The van der Waals surface area contributed by atoms with Crippen LogP contribution in [0.4, 0.5) is 0 Å². The molecule has 3 aromatic rings. The molecule has 3 rings (SSSR count). The van der Waals surface area contributed by atoms with Gasteiger partial charge in [0.1, 0.15) is 0 Å². The van der Waals surface area contributed by atoms with Crippen LogP contribution in [0.1, 0.15) is 24.4 Å². The summed E-state index contributed by atoms with van der Waals surface area (Å²) in [6.45, 7) is 1.69. The van der Waals surface area contributed by atoms with Gasteiger partial charge in [-0.3, -0.25) is 9.59 Å². The second kappa shape index (κ2) is 6.11. The molecule has 112 valence electrons. The number of hydrogen-bond acceptors (Lipinski definition) is 5. The first kappa shape index (κ1) is 14.5. The maximum atomic E-state index is 12.0. The third-order valence-electron chi connectivity index (χ3n) is 3.25. The summed E-state index contributed by atoms with van der Waals surface area (Å²) in [5, 5.41) is 4.33. The van der Waals surface area contributed by atoms with E-state index in [4.69, 9.17) is 4.74 Å². The van der Waals surface area contributed by atoms with Gasteiger partial charge in [-0.25, -0.2) is 4.98 Å². The fraction of sp³-hybridized carbons (Fsp3) is 0.188. The molecule has 1 N–H and O–H groups in total.